The van der Waals surface area contributed by atoms with E-state index in [0.717, 1.165) is 16.7 Å². The van der Waals surface area contributed by atoms with Gasteiger partial charge in [0, 0.05) is 17.8 Å². The fourth-order valence-corrected chi connectivity index (χ4v) is 2.45. The van der Waals surface area contributed by atoms with Gasteiger partial charge in [-0.2, -0.15) is 0 Å². The second-order valence-corrected chi connectivity index (χ2v) is 5.20. The number of aryl methyl sites for hydroxylation is 2. The zero-order valence-electron chi connectivity index (χ0n) is 11.9. The topological polar surface area (TPSA) is 31.2 Å². The van der Waals surface area contributed by atoms with Gasteiger partial charge < -0.3 is 9.30 Å². The average molecular weight is 292 g/mol. The SMILES string of the molecule is CCOC(=O)c1c(C)ccn1Cc1ccc(C)cc1Cl. The molecule has 0 atom stereocenters. The van der Waals surface area contributed by atoms with Crippen molar-refractivity contribution in [3.63, 3.8) is 0 Å². The number of carbonyl (C=O) groups excluding carboxylic acids is 1. The molecule has 2 aromatic rings. The first kappa shape index (κ1) is 14.7. The lowest BCUT2D eigenvalue weighted by molar-refractivity contribution is 0.0513. The van der Waals surface area contributed by atoms with Gasteiger partial charge in [-0.3, -0.25) is 0 Å². The summed E-state index contributed by atoms with van der Waals surface area (Å²) in [5.41, 5.74) is 3.60. The molecule has 0 spiro atoms. The Morgan fingerprint density at radius 1 is 1.30 bits per heavy atom. The molecule has 1 aromatic carbocycles. The summed E-state index contributed by atoms with van der Waals surface area (Å²) in [4.78, 5) is 12.0. The van der Waals surface area contributed by atoms with Crippen LogP contribution < -0.4 is 0 Å². The van der Waals surface area contributed by atoms with Gasteiger partial charge in [0.2, 0.25) is 0 Å². The number of benzene rings is 1. The van der Waals surface area contributed by atoms with Crippen LogP contribution in [0.4, 0.5) is 0 Å². The van der Waals surface area contributed by atoms with Gasteiger partial charge in [-0.1, -0.05) is 23.7 Å². The van der Waals surface area contributed by atoms with Crippen molar-refractivity contribution in [3.8, 4) is 0 Å². The second kappa shape index (κ2) is 6.14. The van der Waals surface area contributed by atoms with Crippen LogP contribution in [0.15, 0.2) is 30.5 Å². The van der Waals surface area contributed by atoms with Gasteiger partial charge in [0.25, 0.3) is 0 Å². The summed E-state index contributed by atoms with van der Waals surface area (Å²) >= 11 is 6.25. The summed E-state index contributed by atoms with van der Waals surface area (Å²) in [7, 11) is 0. The van der Waals surface area contributed by atoms with Gasteiger partial charge >= 0.3 is 5.97 Å². The first-order valence-electron chi connectivity index (χ1n) is 6.60. The number of hydrogen-bond donors (Lipinski definition) is 0. The molecule has 0 fully saturated rings. The molecular weight excluding hydrogens is 274 g/mol. The fraction of sp³-hybridized carbons (Fsp3) is 0.312. The van der Waals surface area contributed by atoms with Crippen molar-refractivity contribution in [1.29, 1.82) is 0 Å². The van der Waals surface area contributed by atoms with Crippen molar-refractivity contribution >= 4 is 17.6 Å². The summed E-state index contributed by atoms with van der Waals surface area (Å²) < 4.78 is 6.98. The van der Waals surface area contributed by atoms with E-state index in [9.17, 15) is 4.79 Å². The molecule has 0 unspecified atom stereocenters. The molecule has 4 heteroatoms. The molecule has 0 aliphatic rings. The predicted molar refractivity (Wildman–Crippen MR) is 80.4 cm³/mol. The van der Waals surface area contributed by atoms with E-state index in [1.165, 1.54) is 0 Å². The third kappa shape index (κ3) is 3.05. The van der Waals surface area contributed by atoms with Gasteiger partial charge in [0.05, 0.1) is 6.61 Å². The molecule has 0 aliphatic carbocycles. The molecule has 0 saturated heterocycles. The molecule has 20 heavy (non-hydrogen) atoms. The molecule has 0 N–H and O–H groups in total. The number of aromatic nitrogens is 1. The van der Waals surface area contributed by atoms with Crippen LogP contribution in [-0.2, 0) is 11.3 Å². The molecule has 0 bridgehead atoms. The average Bonchev–Trinajstić information content (AvgIpc) is 2.74. The maximum absolute atomic E-state index is 12.0. The molecule has 0 aliphatic heterocycles. The highest BCUT2D eigenvalue weighted by Gasteiger charge is 2.16. The minimum atomic E-state index is -0.293. The smallest absolute Gasteiger partial charge is 0.355 e. The maximum Gasteiger partial charge on any atom is 0.355 e. The minimum Gasteiger partial charge on any atom is -0.461 e. The Balaban J connectivity index is 2.32. The Bertz CT molecular complexity index is 631. The van der Waals surface area contributed by atoms with Crippen molar-refractivity contribution in [2.75, 3.05) is 6.61 Å². The molecule has 1 heterocycles. The first-order valence-corrected chi connectivity index (χ1v) is 6.98. The lowest BCUT2D eigenvalue weighted by Gasteiger charge is -2.11. The summed E-state index contributed by atoms with van der Waals surface area (Å²) in [6.07, 6.45) is 1.89. The minimum absolute atomic E-state index is 0.293. The Morgan fingerprint density at radius 3 is 2.70 bits per heavy atom. The highest BCUT2D eigenvalue weighted by molar-refractivity contribution is 6.31. The number of ether oxygens (including phenoxy) is 1. The van der Waals surface area contributed by atoms with Gasteiger partial charge in [0.15, 0.2) is 0 Å². The van der Waals surface area contributed by atoms with Crippen molar-refractivity contribution < 1.29 is 9.53 Å². The van der Waals surface area contributed by atoms with E-state index >= 15 is 0 Å². The lowest BCUT2D eigenvalue weighted by Crippen LogP contribution is -2.14. The largest absolute Gasteiger partial charge is 0.461 e. The van der Waals surface area contributed by atoms with Crippen LogP contribution in [0.2, 0.25) is 5.02 Å². The first-order chi connectivity index (χ1) is 9.52. The molecule has 0 saturated carbocycles. The van der Waals surface area contributed by atoms with Gasteiger partial charge in [-0.25, -0.2) is 4.79 Å². The highest BCUT2D eigenvalue weighted by Crippen LogP contribution is 2.21. The van der Waals surface area contributed by atoms with E-state index in [1.807, 2.05) is 48.9 Å². The van der Waals surface area contributed by atoms with E-state index in [2.05, 4.69) is 0 Å². The van der Waals surface area contributed by atoms with Crippen molar-refractivity contribution in [2.24, 2.45) is 0 Å². The maximum atomic E-state index is 12.0. The zero-order chi connectivity index (χ0) is 14.7. The summed E-state index contributed by atoms with van der Waals surface area (Å²) in [6, 6.07) is 7.84. The second-order valence-electron chi connectivity index (χ2n) is 4.79. The van der Waals surface area contributed by atoms with E-state index < -0.39 is 0 Å². The lowest BCUT2D eigenvalue weighted by atomic mass is 10.1. The van der Waals surface area contributed by atoms with Crippen molar-refractivity contribution in [2.45, 2.75) is 27.3 Å². The molecule has 0 radical (unpaired) electrons. The highest BCUT2D eigenvalue weighted by atomic mass is 35.5. The van der Waals surface area contributed by atoms with Gasteiger partial charge in [0.1, 0.15) is 5.69 Å². The monoisotopic (exact) mass is 291 g/mol. The Labute approximate surface area is 124 Å². The van der Waals surface area contributed by atoms with Crippen LogP contribution in [0.3, 0.4) is 0 Å². The summed E-state index contributed by atoms with van der Waals surface area (Å²) in [5, 5.41) is 0.714. The molecular formula is C16H18ClNO2. The zero-order valence-corrected chi connectivity index (χ0v) is 12.7. The Morgan fingerprint density at radius 2 is 2.05 bits per heavy atom. The van der Waals surface area contributed by atoms with Crippen LogP contribution in [0.1, 0.15) is 34.1 Å². The van der Waals surface area contributed by atoms with Crippen LogP contribution in [-0.4, -0.2) is 17.1 Å². The molecule has 0 amide bonds. The fourth-order valence-electron chi connectivity index (χ4n) is 2.16. The van der Waals surface area contributed by atoms with Crippen LogP contribution >= 0.6 is 11.6 Å². The van der Waals surface area contributed by atoms with Crippen LogP contribution in [0.25, 0.3) is 0 Å². The number of nitrogens with zero attached hydrogens (tertiary/aromatic N) is 1. The third-order valence-corrected chi connectivity index (χ3v) is 3.54. The predicted octanol–water partition coefficient (Wildman–Crippen LogP) is 3.98. The van der Waals surface area contributed by atoms with Gasteiger partial charge in [-0.05, 0) is 49.6 Å². The number of rotatable bonds is 4. The molecule has 106 valence electrons. The van der Waals surface area contributed by atoms with E-state index in [-0.39, 0.29) is 5.97 Å². The molecule has 2 rings (SSSR count). The van der Waals surface area contributed by atoms with E-state index in [4.69, 9.17) is 16.3 Å². The quantitative estimate of drug-likeness (QED) is 0.798. The number of esters is 1. The number of halogens is 1. The Kier molecular flexibility index (Phi) is 4.50. The normalized spacial score (nSPS) is 10.6. The van der Waals surface area contributed by atoms with Crippen LogP contribution in [0.5, 0.6) is 0 Å². The van der Waals surface area contributed by atoms with Crippen molar-refractivity contribution in [1.82, 2.24) is 4.57 Å². The summed E-state index contributed by atoms with van der Waals surface area (Å²) in [6.45, 7) is 6.63. The van der Waals surface area contributed by atoms with Crippen molar-refractivity contribution in [3.05, 3.63) is 57.9 Å². The third-order valence-electron chi connectivity index (χ3n) is 3.18. The molecule has 1 aromatic heterocycles. The van der Waals surface area contributed by atoms with Gasteiger partial charge in [-0.15, -0.1) is 0 Å². The number of carbonyl (C=O) groups is 1. The Hall–Kier alpha value is -1.74. The van der Waals surface area contributed by atoms with E-state index in [1.54, 1.807) is 6.92 Å². The molecule has 3 nitrogen and oxygen atoms in total. The van der Waals surface area contributed by atoms with E-state index in [0.29, 0.717) is 23.9 Å². The standard InChI is InChI=1S/C16H18ClNO2/c1-4-20-16(19)15-12(3)7-8-18(15)10-13-6-5-11(2)9-14(13)17/h5-9H,4,10H2,1-3H3. The summed E-state index contributed by atoms with van der Waals surface area (Å²) in [5.74, 6) is -0.293. The number of hydrogen-bond acceptors (Lipinski definition) is 2. The van der Waals surface area contributed by atoms with Crippen LogP contribution in [0, 0.1) is 13.8 Å².